The summed E-state index contributed by atoms with van der Waals surface area (Å²) in [4.78, 5) is 33.7. The molecule has 0 fully saturated rings. The number of rotatable bonds is 6. The highest BCUT2D eigenvalue weighted by Crippen LogP contribution is 2.35. The lowest BCUT2D eigenvalue weighted by Gasteiger charge is -2.43. The summed E-state index contributed by atoms with van der Waals surface area (Å²) in [5.41, 5.74) is 1.99. The average Bonchev–Trinajstić information content (AvgIpc) is 3.23. The van der Waals surface area contributed by atoms with E-state index in [0.717, 1.165) is 16.6 Å². The van der Waals surface area contributed by atoms with E-state index in [4.69, 9.17) is 4.74 Å². The molecule has 34 heavy (non-hydrogen) atoms. The fourth-order valence-electron chi connectivity index (χ4n) is 4.50. The molecule has 1 N–H and O–H groups in total. The van der Waals surface area contributed by atoms with Crippen molar-refractivity contribution in [1.29, 1.82) is 0 Å². The van der Waals surface area contributed by atoms with Crippen molar-refractivity contribution < 1.29 is 14.3 Å². The number of nitrogens with one attached hydrogen (secondary N) is 1. The number of carbonyl (C=O) groups is 2. The summed E-state index contributed by atoms with van der Waals surface area (Å²) in [5.74, 6) is 0.479. The fourth-order valence-corrected chi connectivity index (χ4v) is 4.50. The van der Waals surface area contributed by atoms with Crippen LogP contribution < -0.4 is 15.0 Å². The Labute approximate surface area is 198 Å². The van der Waals surface area contributed by atoms with E-state index in [9.17, 15) is 9.59 Å². The van der Waals surface area contributed by atoms with Crippen molar-refractivity contribution in [2.75, 3.05) is 11.5 Å². The molecule has 0 aliphatic carbocycles. The first-order valence-corrected chi connectivity index (χ1v) is 11.4. The monoisotopic (exact) mass is 454 g/mol. The van der Waals surface area contributed by atoms with E-state index in [1.54, 1.807) is 11.8 Å². The van der Waals surface area contributed by atoms with Crippen molar-refractivity contribution in [3.05, 3.63) is 90.3 Å². The third kappa shape index (κ3) is 3.69. The first kappa shape index (κ1) is 21.7. The largest absolute Gasteiger partial charge is 0.494 e. The number of amides is 2. The van der Waals surface area contributed by atoms with Crippen LogP contribution in [0.2, 0.25) is 0 Å². The number of imidazole rings is 1. The SMILES string of the molecule is CCOc1ccc(N2C(=O)c3nc4ccccc4n3C[C@@]2(C)C(=O)NCc2ccccc2)cc1. The molecule has 0 saturated carbocycles. The maximum atomic E-state index is 13.8. The molecular formula is C27H26N4O3. The summed E-state index contributed by atoms with van der Waals surface area (Å²) in [6.07, 6.45) is 0. The minimum Gasteiger partial charge on any atom is -0.494 e. The molecular weight excluding hydrogens is 428 g/mol. The maximum absolute atomic E-state index is 13.8. The zero-order valence-corrected chi connectivity index (χ0v) is 19.2. The minimum atomic E-state index is -1.17. The van der Waals surface area contributed by atoms with Crippen molar-refractivity contribution in [3.8, 4) is 5.75 Å². The van der Waals surface area contributed by atoms with Crippen LogP contribution in [0.25, 0.3) is 11.0 Å². The Balaban J connectivity index is 1.56. The number of ether oxygens (including phenoxy) is 1. The Hall–Kier alpha value is -4.13. The van der Waals surface area contributed by atoms with Gasteiger partial charge in [0, 0.05) is 12.2 Å². The Morgan fingerprint density at radius 2 is 1.74 bits per heavy atom. The molecule has 1 atom stereocenters. The average molecular weight is 455 g/mol. The highest BCUT2D eigenvalue weighted by atomic mass is 16.5. The number of hydrogen-bond donors (Lipinski definition) is 1. The normalized spacial score (nSPS) is 17.5. The molecule has 7 heteroatoms. The van der Waals surface area contributed by atoms with Crippen LogP contribution in [-0.2, 0) is 17.9 Å². The molecule has 0 saturated heterocycles. The van der Waals surface area contributed by atoms with E-state index in [2.05, 4.69) is 10.3 Å². The van der Waals surface area contributed by atoms with Gasteiger partial charge in [0.05, 0.1) is 24.2 Å². The third-order valence-electron chi connectivity index (χ3n) is 6.20. The number of aromatic nitrogens is 2. The number of para-hydroxylation sites is 2. The molecule has 1 aliphatic rings. The van der Waals surface area contributed by atoms with E-state index in [1.807, 2.05) is 90.4 Å². The first-order valence-electron chi connectivity index (χ1n) is 11.4. The maximum Gasteiger partial charge on any atom is 0.295 e. The van der Waals surface area contributed by atoms with E-state index < -0.39 is 5.54 Å². The molecule has 0 bridgehead atoms. The molecule has 0 radical (unpaired) electrons. The van der Waals surface area contributed by atoms with Gasteiger partial charge in [0.1, 0.15) is 11.3 Å². The molecule has 0 unspecified atom stereocenters. The van der Waals surface area contributed by atoms with Crippen molar-refractivity contribution >= 4 is 28.5 Å². The molecule has 0 spiro atoms. The summed E-state index contributed by atoms with van der Waals surface area (Å²) < 4.78 is 7.41. The Bertz CT molecular complexity index is 1350. The van der Waals surface area contributed by atoms with Crippen LogP contribution in [0.3, 0.4) is 0 Å². The molecule has 7 nitrogen and oxygen atoms in total. The van der Waals surface area contributed by atoms with Gasteiger partial charge in [-0.2, -0.15) is 0 Å². The lowest BCUT2D eigenvalue weighted by Crippen LogP contribution is -2.64. The minimum absolute atomic E-state index is 0.234. The molecule has 4 aromatic rings. The second-order valence-electron chi connectivity index (χ2n) is 8.52. The predicted octanol–water partition coefficient (Wildman–Crippen LogP) is 4.17. The van der Waals surface area contributed by atoms with Crippen LogP contribution in [0.1, 0.15) is 30.0 Å². The van der Waals surface area contributed by atoms with E-state index in [1.165, 1.54) is 0 Å². The van der Waals surface area contributed by atoms with Gasteiger partial charge in [-0.1, -0.05) is 42.5 Å². The van der Waals surface area contributed by atoms with Crippen LogP contribution in [0.15, 0.2) is 78.9 Å². The third-order valence-corrected chi connectivity index (χ3v) is 6.20. The molecule has 2 heterocycles. The van der Waals surface area contributed by atoms with Gasteiger partial charge in [-0.15, -0.1) is 0 Å². The molecule has 5 rings (SSSR count). The van der Waals surface area contributed by atoms with E-state index in [0.29, 0.717) is 30.4 Å². The number of hydrogen-bond acceptors (Lipinski definition) is 4. The lowest BCUT2D eigenvalue weighted by molar-refractivity contribution is -0.126. The molecule has 2 amide bonds. The first-order chi connectivity index (χ1) is 16.5. The fraction of sp³-hybridized carbons (Fsp3) is 0.222. The topological polar surface area (TPSA) is 76.5 Å². The number of nitrogens with zero attached hydrogens (tertiary/aromatic N) is 3. The van der Waals surface area contributed by atoms with Gasteiger partial charge in [-0.25, -0.2) is 4.98 Å². The molecule has 1 aromatic heterocycles. The van der Waals surface area contributed by atoms with Crippen LogP contribution in [0.4, 0.5) is 5.69 Å². The standard InChI is InChI=1S/C27H26N4O3/c1-3-34-21-15-13-20(14-16-21)31-25(32)24-29-22-11-7-8-12-23(22)30(24)18-27(31,2)26(33)28-17-19-9-5-4-6-10-19/h4-16H,3,17-18H2,1-2H3,(H,28,33)/t27-/m0/s1. The number of benzene rings is 3. The van der Waals surface area contributed by atoms with Crippen LogP contribution in [0.5, 0.6) is 5.75 Å². The number of fused-ring (bicyclic) bond motifs is 3. The second-order valence-corrected chi connectivity index (χ2v) is 8.52. The van der Waals surface area contributed by atoms with E-state index >= 15 is 0 Å². The van der Waals surface area contributed by atoms with Gasteiger partial charge in [-0.3, -0.25) is 14.5 Å². The quantitative estimate of drug-likeness (QED) is 0.474. The van der Waals surface area contributed by atoms with Gasteiger partial charge >= 0.3 is 0 Å². The van der Waals surface area contributed by atoms with Crippen molar-refractivity contribution in [3.63, 3.8) is 0 Å². The summed E-state index contributed by atoms with van der Waals surface area (Å²) >= 11 is 0. The van der Waals surface area contributed by atoms with Gasteiger partial charge in [0.25, 0.3) is 5.91 Å². The molecule has 3 aromatic carbocycles. The Kier molecular flexibility index (Phi) is 5.53. The highest BCUT2D eigenvalue weighted by molar-refractivity contribution is 6.12. The van der Waals surface area contributed by atoms with Crippen LogP contribution in [-0.4, -0.2) is 33.5 Å². The predicted molar refractivity (Wildman–Crippen MR) is 131 cm³/mol. The summed E-state index contributed by atoms with van der Waals surface area (Å²) in [6, 6.07) is 24.6. The molecule has 1 aliphatic heterocycles. The van der Waals surface area contributed by atoms with Crippen LogP contribution in [0, 0.1) is 0 Å². The molecule has 172 valence electrons. The zero-order chi connectivity index (χ0) is 23.7. The summed E-state index contributed by atoms with van der Waals surface area (Å²) in [7, 11) is 0. The van der Waals surface area contributed by atoms with Crippen molar-refractivity contribution in [1.82, 2.24) is 14.9 Å². The van der Waals surface area contributed by atoms with E-state index in [-0.39, 0.29) is 18.4 Å². The van der Waals surface area contributed by atoms with Gasteiger partial charge in [0.2, 0.25) is 11.7 Å². The summed E-state index contributed by atoms with van der Waals surface area (Å²) in [5, 5.41) is 3.04. The Morgan fingerprint density at radius 3 is 2.47 bits per heavy atom. The van der Waals surface area contributed by atoms with Gasteiger partial charge in [0.15, 0.2) is 0 Å². The zero-order valence-electron chi connectivity index (χ0n) is 19.2. The summed E-state index contributed by atoms with van der Waals surface area (Å²) in [6.45, 7) is 4.92. The highest BCUT2D eigenvalue weighted by Gasteiger charge is 2.49. The lowest BCUT2D eigenvalue weighted by atomic mass is 9.94. The van der Waals surface area contributed by atoms with Gasteiger partial charge in [-0.05, 0) is 55.8 Å². The van der Waals surface area contributed by atoms with Gasteiger partial charge < -0.3 is 14.6 Å². The smallest absolute Gasteiger partial charge is 0.295 e. The van der Waals surface area contributed by atoms with Crippen LogP contribution >= 0.6 is 0 Å². The second kappa shape index (κ2) is 8.67. The Morgan fingerprint density at radius 1 is 1.03 bits per heavy atom. The van der Waals surface area contributed by atoms with Crippen molar-refractivity contribution in [2.45, 2.75) is 32.5 Å². The number of carbonyl (C=O) groups excluding carboxylic acids is 2. The van der Waals surface area contributed by atoms with Crippen molar-refractivity contribution in [2.24, 2.45) is 0 Å². The number of anilines is 1.